The molecule has 0 fully saturated rings. The van der Waals surface area contributed by atoms with Gasteiger partial charge in [0.1, 0.15) is 18.1 Å². The van der Waals surface area contributed by atoms with Crippen LogP contribution in [0.2, 0.25) is 0 Å². The molecule has 0 unspecified atom stereocenters. The molecule has 0 bridgehead atoms. The second-order valence-electron chi connectivity index (χ2n) is 4.82. The summed E-state index contributed by atoms with van der Waals surface area (Å²) in [6.07, 6.45) is 0. The van der Waals surface area contributed by atoms with Crippen LogP contribution in [0.5, 0.6) is 5.75 Å². The standard InChI is InChI=1S/C16H20FNO2/c1-4-18-9-16-12(3)8-13(20-16)10-19-15-7-11(2)5-6-14(15)17/h5-8,18H,4,9-10H2,1-3H3. The first-order chi connectivity index (χ1) is 9.60. The van der Waals surface area contributed by atoms with E-state index in [1.807, 2.05) is 26.8 Å². The van der Waals surface area contributed by atoms with E-state index < -0.39 is 0 Å². The van der Waals surface area contributed by atoms with E-state index in [9.17, 15) is 4.39 Å². The zero-order valence-corrected chi connectivity index (χ0v) is 12.1. The zero-order valence-electron chi connectivity index (χ0n) is 12.1. The average Bonchev–Trinajstić information content (AvgIpc) is 2.78. The third-order valence-corrected chi connectivity index (χ3v) is 3.06. The van der Waals surface area contributed by atoms with Gasteiger partial charge in [0.05, 0.1) is 6.54 Å². The lowest BCUT2D eigenvalue weighted by atomic mass is 10.2. The van der Waals surface area contributed by atoms with Gasteiger partial charge >= 0.3 is 0 Å². The Morgan fingerprint density at radius 1 is 1.25 bits per heavy atom. The molecule has 0 radical (unpaired) electrons. The van der Waals surface area contributed by atoms with Gasteiger partial charge in [-0.05, 0) is 49.7 Å². The Labute approximate surface area is 118 Å². The molecule has 0 spiro atoms. The van der Waals surface area contributed by atoms with Gasteiger partial charge in [0, 0.05) is 0 Å². The SMILES string of the molecule is CCNCc1oc(COc2cc(C)ccc2F)cc1C. The monoisotopic (exact) mass is 277 g/mol. The lowest BCUT2D eigenvalue weighted by Gasteiger charge is -2.06. The molecular formula is C16H20FNO2. The smallest absolute Gasteiger partial charge is 0.165 e. The van der Waals surface area contributed by atoms with Gasteiger partial charge in [-0.1, -0.05) is 13.0 Å². The third kappa shape index (κ3) is 3.61. The zero-order chi connectivity index (χ0) is 14.5. The van der Waals surface area contributed by atoms with E-state index in [4.69, 9.17) is 9.15 Å². The van der Waals surface area contributed by atoms with Crippen LogP contribution in [0.3, 0.4) is 0 Å². The molecule has 2 aromatic rings. The summed E-state index contributed by atoms with van der Waals surface area (Å²) in [4.78, 5) is 0. The van der Waals surface area contributed by atoms with Crippen molar-refractivity contribution in [1.29, 1.82) is 0 Å². The van der Waals surface area contributed by atoms with Crippen LogP contribution in [0.25, 0.3) is 0 Å². The van der Waals surface area contributed by atoms with E-state index in [1.54, 1.807) is 12.1 Å². The second-order valence-corrected chi connectivity index (χ2v) is 4.82. The Bertz CT molecular complexity index is 578. The van der Waals surface area contributed by atoms with Crippen molar-refractivity contribution >= 4 is 0 Å². The van der Waals surface area contributed by atoms with Crippen molar-refractivity contribution < 1.29 is 13.5 Å². The summed E-state index contributed by atoms with van der Waals surface area (Å²) >= 11 is 0. The normalized spacial score (nSPS) is 10.8. The second kappa shape index (κ2) is 6.57. The Morgan fingerprint density at radius 3 is 2.80 bits per heavy atom. The van der Waals surface area contributed by atoms with Gasteiger partial charge in [-0.25, -0.2) is 4.39 Å². The van der Waals surface area contributed by atoms with Crippen LogP contribution in [-0.2, 0) is 13.2 Å². The Kier molecular flexibility index (Phi) is 4.79. The molecule has 0 atom stereocenters. The van der Waals surface area contributed by atoms with E-state index in [0.29, 0.717) is 12.3 Å². The van der Waals surface area contributed by atoms with Crippen molar-refractivity contribution in [2.24, 2.45) is 0 Å². The van der Waals surface area contributed by atoms with Crippen molar-refractivity contribution in [3.8, 4) is 5.75 Å². The van der Waals surface area contributed by atoms with Crippen LogP contribution in [0.15, 0.2) is 28.7 Å². The van der Waals surface area contributed by atoms with E-state index >= 15 is 0 Å². The molecule has 0 saturated carbocycles. The highest BCUT2D eigenvalue weighted by atomic mass is 19.1. The molecule has 0 saturated heterocycles. The number of ether oxygens (including phenoxy) is 1. The molecule has 1 aromatic heterocycles. The lowest BCUT2D eigenvalue weighted by molar-refractivity contribution is 0.254. The van der Waals surface area contributed by atoms with Crippen molar-refractivity contribution in [1.82, 2.24) is 5.32 Å². The van der Waals surface area contributed by atoms with Gasteiger partial charge in [-0.2, -0.15) is 0 Å². The highest BCUT2D eigenvalue weighted by Crippen LogP contribution is 2.21. The first-order valence-electron chi connectivity index (χ1n) is 6.78. The van der Waals surface area contributed by atoms with Crippen LogP contribution in [0.4, 0.5) is 4.39 Å². The van der Waals surface area contributed by atoms with E-state index in [2.05, 4.69) is 5.32 Å². The number of halogens is 1. The quantitative estimate of drug-likeness (QED) is 0.873. The molecule has 1 aromatic carbocycles. The predicted octanol–water partition coefficient (Wildman–Crippen LogP) is 3.72. The number of hydrogen-bond acceptors (Lipinski definition) is 3. The maximum Gasteiger partial charge on any atom is 0.165 e. The Morgan fingerprint density at radius 2 is 2.05 bits per heavy atom. The summed E-state index contributed by atoms with van der Waals surface area (Å²) in [7, 11) is 0. The average molecular weight is 277 g/mol. The molecule has 108 valence electrons. The fourth-order valence-electron chi connectivity index (χ4n) is 1.95. The molecule has 0 amide bonds. The van der Waals surface area contributed by atoms with Gasteiger partial charge in [-0.3, -0.25) is 0 Å². The van der Waals surface area contributed by atoms with Gasteiger partial charge in [0.25, 0.3) is 0 Å². The van der Waals surface area contributed by atoms with Crippen molar-refractivity contribution in [3.63, 3.8) is 0 Å². The number of benzene rings is 1. The number of nitrogens with one attached hydrogen (secondary N) is 1. The van der Waals surface area contributed by atoms with Crippen molar-refractivity contribution in [3.05, 3.63) is 52.7 Å². The van der Waals surface area contributed by atoms with Crippen LogP contribution in [-0.4, -0.2) is 6.54 Å². The minimum absolute atomic E-state index is 0.230. The van der Waals surface area contributed by atoms with Gasteiger partial charge in [0.15, 0.2) is 11.6 Å². The minimum atomic E-state index is -0.355. The summed E-state index contributed by atoms with van der Waals surface area (Å²) in [5.41, 5.74) is 2.04. The fourth-order valence-corrected chi connectivity index (χ4v) is 1.95. The van der Waals surface area contributed by atoms with Crippen LogP contribution in [0, 0.1) is 19.7 Å². The Balaban J connectivity index is 2.02. The van der Waals surface area contributed by atoms with Crippen molar-refractivity contribution in [2.45, 2.75) is 33.9 Å². The molecule has 20 heavy (non-hydrogen) atoms. The summed E-state index contributed by atoms with van der Waals surface area (Å²) in [5.74, 6) is 1.51. The first-order valence-corrected chi connectivity index (χ1v) is 6.78. The van der Waals surface area contributed by atoms with Crippen LogP contribution >= 0.6 is 0 Å². The topological polar surface area (TPSA) is 34.4 Å². The van der Waals surface area contributed by atoms with E-state index in [-0.39, 0.29) is 18.2 Å². The summed E-state index contributed by atoms with van der Waals surface area (Å²) in [6, 6.07) is 6.74. The number of rotatable bonds is 6. The maximum absolute atomic E-state index is 13.6. The van der Waals surface area contributed by atoms with Gasteiger partial charge < -0.3 is 14.5 Å². The molecule has 0 aliphatic carbocycles. The molecule has 3 nitrogen and oxygen atoms in total. The maximum atomic E-state index is 13.6. The lowest BCUT2D eigenvalue weighted by Crippen LogP contribution is -2.11. The van der Waals surface area contributed by atoms with Crippen LogP contribution in [0.1, 0.15) is 29.6 Å². The fraction of sp³-hybridized carbons (Fsp3) is 0.375. The summed E-state index contributed by atoms with van der Waals surface area (Å²) < 4.78 is 24.7. The van der Waals surface area contributed by atoms with Gasteiger partial charge in [-0.15, -0.1) is 0 Å². The molecule has 0 aliphatic rings. The van der Waals surface area contributed by atoms with Crippen LogP contribution < -0.4 is 10.1 Å². The van der Waals surface area contributed by atoms with E-state index in [1.165, 1.54) is 6.07 Å². The van der Waals surface area contributed by atoms with E-state index in [0.717, 1.165) is 23.4 Å². The summed E-state index contributed by atoms with van der Waals surface area (Å²) in [5, 5.41) is 3.21. The minimum Gasteiger partial charge on any atom is -0.483 e. The number of furan rings is 1. The summed E-state index contributed by atoms with van der Waals surface area (Å²) in [6.45, 7) is 7.75. The van der Waals surface area contributed by atoms with Crippen molar-refractivity contribution in [2.75, 3.05) is 6.54 Å². The number of aryl methyl sites for hydroxylation is 2. The molecule has 4 heteroatoms. The third-order valence-electron chi connectivity index (χ3n) is 3.06. The number of hydrogen-bond donors (Lipinski definition) is 1. The highest BCUT2D eigenvalue weighted by Gasteiger charge is 2.09. The molecule has 2 rings (SSSR count). The Hall–Kier alpha value is -1.81. The highest BCUT2D eigenvalue weighted by molar-refractivity contribution is 5.29. The molecule has 1 N–H and O–H groups in total. The largest absolute Gasteiger partial charge is 0.483 e. The molecule has 1 heterocycles. The first kappa shape index (κ1) is 14.6. The molecule has 0 aliphatic heterocycles. The predicted molar refractivity (Wildman–Crippen MR) is 76.3 cm³/mol. The van der Waals surface area contributed by atoms with Gasteiger partial charge in [0.2, 0.25) is 0 Å². The molecular weight excluding hydrogens is 257 g/mol.